The molecule has 1 saturated carbocycles. The summed E-state index contributed by atoms with van der Waals surface area (Å²) in [5, 5.41) is 2.71. The first-order valence-electron chi connectivity index (χ1n) is 8.15. The van der Waals surface area contributed by atoms with E-state index in [9.17, 15) is 9.59 Å². The standard InChI is InChI=1S/C18H26N2O2/c1-14-8-10-16(11-9-14)18(22)19-12-17(21)20(2)13-15-6-4-3-5-7-15/h8-11,15H,3-7,12-13H2,1-2H3,(H,19,22). The number of likely N-dealkylation sites (N-methyl/N-ethyl adjacent to an activating group) is 1. The maximum atomic E-state index is 12.1. The van der Waals surface area contributed by atoms with Crippen LogP contribution >= 0.6 is 0 Å². The Bertz CT molecular complexity index is 504. The molecule has 0 heterocycles. The summed E-state index contributed by atoms with van der Waals surface area (Å²) in [5.41, 5.74) is 1.70. The van der Waals surface area contributed by atoms with Crippen molar-refractivity contribution in [2.24, 2.45) is 5.92 Å². The number of carbonyl (C=O) groups is 2. The third-order valence-corrected chi connectivity index (χ3v) is 4.40. The average Bonchev–Trinajstić information content (AvgIpc) is 2.53. The van der Waals surface area contributed by atoms with Crippen LogP contribution in [0.2, 0.25) is 0 Å². The van der Waals surface area contributed by atoms with Gasteiger partial charge in [-0.25, -0.2) is 0 Å². The van der Waals surface area contributed by atoms with Gasteiger partial charge < -0.3 is 10.2 Å². The molecule has 4 heteroatoms. The molecule has 1 N–H and O–H groups in total. The van der Waals surface area contributed by atoms with E-state index in [2.05, 4.69) is 5.32 Å². The van der Waals surface area contributed by atoms with Crippen LogP contribution in [0.5, 0.6) is 0 Å². The SMILES string of the molecule is Cc1ccc(C(=O)NCC(=O)N(C)CC2CCCCC2)cc1. The van der Waals surface area contributed by atoms with Crippen LogP contribution in [0.1, 0.15) is 48.0 Å². The Morgan fingerprint density at radius 2 is 1.77 bits per heavy atom. The first-order valence-corrected chi connectivity index (χ1v) is 8.15. The first-order chi connectivity index (χ1) is 10.6. The molecule has 120 valence electrons. The lowest BCUT2D eigenvalue weighted by Crippen LogP contribution is -2.40. The molecular weight excluding hydrogens is 276 g/mol. The van der Waals surface area contributed by atoms with Crippen molar-refractivity contribution in [1.82, 2.24) is 10.2 Å². The second-order valence-electron chi connectivity index (χ2n) is 6.33. The van der Waals surface area contributed by atoms with E-state index >= 15 is 0 Å². The topological polar surface area (TPSA) is 49.4 Å². The molecule has 0 bridgehead atoms. The van der Waals surface area contributed by atoms with Gasteiger partial charge in [-0.2, -0.15) is 0 Å². The van der Waals surface area contributed by atoms with Crippen LogP contribution < -0.4 is 5.32 Å². The second-order valence-corrected chi connectivity index (χ2v) is 6.33. The molecule has 0 aliphatic heterocycles. The Labute approximate surface area is 132 Å². The molecule has 0 radical (unpaired) electrons. The fourth-order valence-corrected chi connectivity index (χ4v) is 2.96. The summed E-state index contributed by atoms with van der Waals surface area (Å²) in [5.74, 6) is 0.404. The minimum absolute atomic E-state index is 0.0222. The fraction of sp³-hybridized carbons (Fsp3) is 0.556. The van der Waals surface area contributed by atoms with E-state index in [-0.39, 0.29) is 18.4 Å². The maximum absolute atomic E-state index is 12.1. The van der Waals surface area contributed by atoms with Gasteiger partial charge in [-0.1, -0.05) is 37.0 Å². The first kappa shape index (κ1) is 16.5. The van der Waals surface area contributed by atoms with Crippen LogP contribution in [0.25, 0.3) is 0 Å². The molecule has 0 unspecified atom stereocenters. The lowest BCUT2D eigenvalue weighted by Gasteiger charge is -2.27. The molecule has 1 aromatic carbocycles. The molecular formula is C18H26N2O2. The van der Waals surface area contributed by atoms with Crippen molar-refractivity contribution in [2.45, 2.75) is 39.0 Å². The number of benzene rings is 1. The van der Waals surface area contributed by atoms with Crippen molar-refractivity contribution in [1.29, 1.82) is 0 Å². The molecule has 22 heavy (non-hydrogen) atoms. The molecule has 0 saturated heterocycles. The van der Waals surface area contributed by atoms with Gasteiger partial charge in [0, 0.05) is 19.2 Å². The quantitative estimate of drug-likeness (QED) is 0.909. The van der Waals surface area contributed by atoms with Crippen molar-refractivity contribution in [3.8, 4) is 0 Å². The molecule has 0 aromatic heterocycles. The Morgan fingerprint density at radius 1 is 1.14 bits per heavy atom. The van der Waals surface area contributed by atoms with Crippen LogP contribution in [-0.2, 0) is 4.79 Å². The normalized spacial score (nSPS) is 15.4. The van der Waals surface area contributed by atoms with Crippen molar-refractivity contribution in [3.05, 3.63) is 35.4 Å². The minimum atomic E-state index is -0.195. The van der Waals surface area contributed by atoms with E-state index in [1.165, 1.54) is 32.1 Å². The lowest BCUT2D eigenvalue weighted by atomic mass is 9.89. The largest absolute Gasteiger partial charge is 0.344 e. The number of hydrogen-bond acceptors (Lipinski definition) is 2. The van der Waals surface area contributed by atoms with E-state index < -0.39 is 0 Å². The number of carbonyl (C=O) groups excluding carboxylic acids is 2. The zero-order valence-electron chi connectivity index (χ0n) is 13.6. The van der Waals surface area contributed by atoms with Crippen molar-refractivity contribution < 1.29 is 9.59 Å². The summed E-state index contributed by atoms with van der Waals surface area (Å²) in [6.45, 7) is 2.85. The van der Waals surface area contributed by atoms with Gasteiger partial charge in [0.1, 0.15) is 0 Å². The Morgan fingerprint density at radius 3 is 2.41 bits per heavy atom. The van der Waals surface area contributed by atoms with Crippen LogP contribution in [0, 0.1) is 12.8 Å². The van der Waals surface area contributed by atoms with Gasteiger partial charge in [0.05, 0.1) is 6.54 Å². The van der Waals surface area contributed by atoms with Crippen LogP contribution in [-0.4, -0.2) is 36.9 Å². The maximum Gasteiger partial charge on any atom is 0.251 e. The number of rotatable bonds is 5. The third kappa shape index (κ3) is 4.86. The molecule has 1 fully saturated rings. The molecule has 0 spiro atoms. The zero-order valence-corrected chi connectivity index (χ0v) is 13.6. The predicted molar refractivity (Wildman–Crippen MR) is 87.7 cm³/mol. The van der Waals surface area contributed by atoms with Gasteiger partial charge in [0.2, 0.25) is 5.91 Å². The number of nitrogens with zero attached hydrogens (tertiary/aromatic N) is 1. The molecule has 1 aromatic rings. The van der Waals surface area contributed by atoms with E-state index in [0.717, 1.165) is 12.1 Å². The monoisotopic (exact) mass is 302 g/mol. The average molecular weight is 302 g/mol. The molecule has 0 atom stereocenters. The molecule has 1 aliphatic carbocycles. The number of nitrogens with one attached hydrogen (secondary N) is 1. The highest BCUT2D eigenvalue weighted by Crippen LogP contribution is 2.24. The third-order valence-electron chi connectivity index (χ3n) is 4.40. The van der Waals surface area contributed by atoms with E-state index in [0.29, 0.717) is 11.5 Å². The van der Waals surface area contributed by atoms with Gasteiger partial charge >= 0.3 is 0 Å². The van der Waals surface area contributed by atoms with E-state index in [1.54, 1.807) is 17.0 Å². The summed E-state index contributed by atoms with van der Waals surface area (Å²) in [6, 6.07) is 7.35. The van der Waals surface area contributed by atoms with E-state index in [1.807, 2.05) is 26.1 Å². The fourth-order valence-electron chi connectivity index (χ4n) is 2.96. The zero-order chi connectivity index (χ0) is 15.9. The highest BCUT2D eigenvalue weighted by atomic mass is 16.2. The second kappa shape index (κ2) is 7.97. The highest BCUT2D eigenvalue weighted by molar-refractivity contribution is 5.96. The number of hydrogen-bond donors (Lipinski definition) is 1. The van der Waals surface area contributed by atoms with Crippen LogP contribution in [0.15, 0.2) is 24.3 Å². The number of aryl methyl sites for hydroxylation is 1. The van der Waals surface area contributed by atoms with E-state index in [4.69, 9.17) is 0 Å². The Kier molecular flexibility index (Phi) is 5.99. The van der Waals surface area contributed by atoms with Crippen LogP contribution in [0.4, 0.5) is 0 Å². The summed E-state index contributed by atoms with van der Waals surface area (Å²) in [4.78, 5) is 25.9. The summed E-state index contributed by atoms with van der Waals surface area (Å²) >= 11 is 0. The Balaban J connectivity index is 1.76. The van der Waals surface area contributed by atoms with Crippen molar-refractivity contribution in [2.75, 3.05) is 20.1 Å². The van der Waals surface area contributed by atoms with Crippen molar-refractivity contribution >= 4 is 11.8 Å². The van der Waals surface area contributed by atoms with Gasteiger partial charge in [-0.3, -0.25) is 9.59 Å². The lowest BCUT2D eigenvalue weighted by molar-refractivity contribution is -0.129. The molecule has 2 amide bonds. The van der Waals surface area contributed by atoms with Gasteiger partial charge in [-0.15, -0.1) is 0 Å². The summed E-state index contributed by atoms with van der Waals surface area (Å²) in [7, 11) is 1.83. The highest BCUT2D eigenvalue weighted by Gasteiger charge is 2.18. The van der Waals surface area contributed by atoms with Gasteiger partial charge in [0.25, 0.3) is 5.91 Å². The molecule has 4 nitrogen and oxygen atoms in total. The Hall–Kier alpha value is -1.84. The van der Waals surface area contributed by atoms with Crippen LogP contribution in [0.3, 0.4) is 0 Å². The predicted octanol–water partition coefficient (Wildman–Crippen LogP) is 2.76. The van der Waals surface area contributed by atoms with Gasteiger partial charge in [-0.05, 0) is 37.8 Å². The smallest absolute Gasteiger partial charge is 0.251 e. The molecule has 2 rings (SSSR count). The number of amides is 2. The summed E-state index contributed by atoms with van der Waals surface area (Å²) < 4.78 is 0. The van der Waals surface area contributed by atoms with Gasteiger partial charge in [0.15, 0.2) is 0 Å². The van der Waals surface area contributed by atoms with Crippen molar-refractivity contribution in [3.63, 3.8) is 0 Å². The minimum Gasteiger partial charge on any atom is -0.344 e. The molecule has 1 aliphatic rings. The summed E-state index contributed by atoms with van der Waals surface area (Å²) in [6.07, 6.45) is 6.30.